The summed E-state index contributed by atoms with van der Waals surface area (Å²) >= 11 is 0. The largest absolute Gasteiger partial charge is 0.377 e. The van der Waals surface area contributed by atoms with Gasteiger partial charge in [0.25, 0.3) is 0 Å². The first kappa shape index (κ1) is 26.8. The maximum absolute atomic E-state index is 15.9. The van der Waals surface area contributed by atoms with Crippen LogP contribution >= 0.6 is 0 Å². The Hall–Kier alpha value is -2.76. The van der Waals surface area contributed by atoms with Crippen molar-refractivity contribution in [1.82, 2.24) is 19.4 Å². The van der Waals surface area contributed by atoms with Crippen molar-refractivity contribution in [3.8, 4) is 0 Å². The molecule has 10 nitrogen and oxygen atoms in total. The maximum Gasteiger partial charge on any atom is 0.329 e. The van der Waals surface area contributed by atoms with Crippen LogP contribution in [-0.2, 0) is 21.4 Å². The predicted molar refractivity (Wildman–Crippen MR) is 143 cm³/mol. The van der Waals surface area contributed by atoms with Gasteiger partial charge in [-0.25, -0.2) is 9.18 Å². The number of carbonyl (C=O) groups is 2. The Balaban J connectivity index is 1.23. The first-order valence-electron chi connectivity index (χ1n) is 13.8. The molecule has 2 saturated heterocycles. The highest BCUT2D eigenvalue weighted by Gasteiger charge is 2.33. The first-order chi connectivity index (χ1) is 18.2. The van der Waals surface area contributed by atoms with Crippen LogP contribution in [0.2, 0.25) is 0 Å². The summed E-state index contributed by atoms with van der Waals surface area (Å²) in [7, 11) is 1.52. The van der Waals surface area contributed by atoms with Crippen LogP contribution in [0, 0.1) is 11.7 Å². The van der Waals surface area contributed by atoms with Crippen LogP contribution in [-0.4, -0.2) is 77.3 Å². The number of halogens is 1. The number of piperidine rings is 1. The topological polar surface area (TPSA) is 115 Å². The van der Waals surface area contributed by atoms with Crippen LogP contribution in [0.15, 0.2) is 16.9 Å². The van der Waals surface area contributed by atoms with Crippen molar-refractivity contribution in [3.05, 3.63) is 28.4 Å². The van der Waals surface area contributed by atoms with E-state index in [0.717, 1.165) is 45.3 Å². The second-order valence-corrected chi connectivity index (χ2v) is 11.2. The Morgan fingerprint density at radius 1 is 1.08 bits per heavy atom. The number of aryl methyl sites for hydroxylation is 1. The number of amides is 2. The van der Waals surface area contributed by atoms with Crippen molar-refractivity contribution in [2.45, 2.75) is 63.6 Å². The summed E-state index contributed by atoms with van der Waals surface area (Å²) < 4.78 is 24.3. The number of nitrogens with two attached hydrogens (primary N) is 1. The number of aromatic nitrogens is 2. The lowest BCUT2D eigenvalue weighted by Gasteiger charge is -2.39. The van der Waals surface area contributed by atoms with Crippen LogP contribution in [0.3, 0.4) is 0 Å². The minimum Gasteiger partial charge on any atom is -0.377 e. The van der Waals surface area contributed by atoms with E-state index in [-0.39, 0.29) is 30.3 Å². The van der Waals surface area contributed by atoms with Gasteiger partial charge in [0.15, 0.2) is 5.82 Å². The summed E-state index contributed by atoms with van der Waals surface area (Å²) in [5, 5.41) is 2.29. The second-order valence-electron chi connectivity index (χ2n) is 11.2. The molecular formula is C27H39FN6O4. The van der Waals surface area contributed by atoms with Gasteiger partial charge in [-0.2, -0.15) is 0 Å². The molecule has 2 aromatic rings. The van der Waals surface area contributed by atoms with E-state index in [9.17, 15) is 14.4 Å². The molecule has 5 rings (SSSR count). The van der Waals surface area contributed by atoms with Gasteiger partial charge in [0.2, 0.25) is 11.8 Å². The van der Waals surface area contributed by atoms with Gasteiger partial charge in [-0.3, -0.25) is 28.9 Å². The molecule has 2 atom stereocenters. The Morgan fingerprint density at radius 3 is 2.45 bits per heavy atom. The van der Waals surface area contributed by atoms with Gasteiger partial charge in [-0.05, 0) is 57.1 Å². The highest BCUT2D eigenvalue weighted by Crippen LogP contribution is 2.31. The van der Waals surface area contributed by atoms with Crippen molar-refractivity contribution in [3.63, 3.8) is 0 Å². The molecule has 3 heterocycles. The maximum atomic E-state index is 15.9. The molecule has 0 spiro atoms. The number of nitrogens with one attached hydrogen (secondary N) is 1. The number of hydrogen-bond donors (Lipinski definition) is 2. The lowest BCUT2D eigenvalue weighted by atomic mass is 9.87. The van der Waals surface area contributed by atoms with E-state index in [4.69, 9.17) is 10.5 Å². The van der Waals surface area contributed by atoms with Gasteiger partial charge >= 0.3 is 5.69 Å². The van der Waals surface area contributed by atoms with Crippen LogP contribution in [0.4, 0.5) is 10.1 Å². The Bertz CT molecular complexity index is 1240. The Labute approximate surface area is 221 Å². The van der Waals surface area contributed by atoms with Crippen molar-refractivity contribution in [2.24, 2.45) is 18.7 Å². The summed E-state index contributed by atoms with van der Waals surface area (Å²) in [5.74, 6) is -0.674. The molecule has 3 fully saturated rings. The normalized spacial score (nSPS) is 26.1. The molecule has 1 unspecified atom stereocenters. The van der Waals surface area contributed by atoms with Crippen LogP contribution in [0.1, 0.15) is 51.5 Å². The first-order valence-corrected chi connectivity index (χ1v) is 13.8. The van der Waals surface area contributed by atoms with Crippen molar-refractivity contribution >= 4 is 28.5 Å². The molecule has 1 saturated carbocycles. The van der Waals surface area contributed by atoms with Gasteiger partial charge in [0.1, 0.15) is 11.6 Å². The number of anilines is 1. The molecule has 3 aliphatic rings. The lowest BCUT2D eigenvalue weighted by molar-refractivity contribution is -0.135. The third kappa shape index (κ3) is 5.37. The zero-order chi connectivity index (χ0) is 27.0. The molecule has 1 aromatic carbocycles. The van der Waals surface area contributed by atoms with Gasteiger partial charge in [0, 0.05) is 52.2 Å². The van der Waals surface area contributed by atoms with Crippen LogP contribution in [0.5, 0.6) is 0 Å². The number of imidazole rings is 1. The van der Waals surface area contributed by atoms with Crippen LogP contribution in [0.25, 0.3) is 11.0 Å². The smallest absolute Gasteiger partial charge is 0.329 e. The van der Waals surface area contributed by atoms with Gasteiger partial charge in [-0.1, -0.05) is 0 Å². The van der Waals surface area contributed by atoms with Crippen molar-refractivity contribution < 1.29 is 18.7 Å². The van der Waals surface area contributed by atoms with E-state index < -0.39 is 23.5 Å². The fourth-order valence-corrected chi connectivity index (χ4v) is 6.20. The van der Waals surface area contributed by atoms with Crippen molar-refractivity contribution in [1.29, 1.82) is 0 Å². The summed E-state index contributed by atoms with van der Waals surface area (Å²) in [5.41, 5.74) is 6.36. The summed E-state index contributed by atoms with van der Waals surface area (Å²) in [6, 6.07) is 2.67. The minimum absolute atomic E-state index is 0.0738. The Morgan fingerprint density at radius 2 is 1.79 bits per heavy atom. The fourth-order valence-electron chi connectivity index (χ4n) is 6.20. The third-order valence-corrected chi connectivity index (χ3v) is 8.30. The molecular weight excluding hydrogens is 491 g/mol. The number of imide groups is 1. The van der Waals surface area contributed by atoms with E-state index in [1.165, 1.54) is 16.2 Å². The summed E-state index contributed by atoms with van der Waals surface area (Å²) in [4.78, 5) is 41.5. The SMILES string of the molecule is C[C@@H](N)COC1CCC(CN2CCN(c3ccc4c(c3F)n(C)c(=O)n4C3CCC(=O)NC3=O)CC2)CC1. The standard InChI is InChI=1S/C27H39FN6O4/c1-17(29)16-38-19-5-3-18(4-6-19)15-32-11-13-33(14-12-32)20-7-8-21-25(24(20)28)31(2)27(37)34(21)22-9-10-23(35)30-26(22)36/h7-8,17-19,22H,3-6,9-16,29H2,1-2H3,(H,30,35,36)/t17-,18?,19?,22?/m1/s1. The second kappa shape index (κ2) is 11.2. The average molecular weight is 531 g/mol. The highest BCUT2D eigenvalue weighted by atomic mass is 19.1. The van der Waals surface area contributed by atoms with Crippen LogP contribution < -0.4 is 21.6 Å². The molecule has 208 valence electrons. The number of rotatable bonds is 7. The summed E-state index contributed by atoms with van der Waals surface area (Å²) in [6.07, 6.45) is 5.18. The zero-order valence-electron chi connectivity index (χ0n) is 22.3. The number of fused-ring (bicyclic) bond motifs is 1. The number of nitrogens with zero attached hydrogens (tertiary/aromatic N) is 4. The molecule has 0 bridgehead atoms. The quantitative estimate of drug-likeness (QED) is 0.522. The van der Waals surface area contributed by atoms with E-state index in [1.807, 2.05) is 11.8 Å². The minimum atomic E-state index is -0.830. The van der Waals surface area contributed by atoms with E-state index in [2.05, 4.69) is 10.2 Å². The molecule has 0 radical (unpaired) electrons. The highest BCUT2D eigenvalue weighted by molar-refractivity contribution is 6.00. The lowest BCUT2D eigenvalue weighted by Crippen LogP contribution is -2.48. The van der Waals surface area contributed by atoms with Gasteiger partial charge in [0.05, 0.1) is 23.9 Å². The fraction of sp³-hybridized carbons (Fsp3) is 0.667. The molecule has 2 aliphatic heterocycles. The molecule has 3 N–H and O–H groups in total. The Kier molecular flexibility index (Phi) is 7.88. The van der Waals surface area contributed by atoms with E-state index >= 15 is 4.39 Å². The number of carbonyl (C=O) groups excluding carboxylic acids is 2. The monoisotopic (exact) mass is 530 g/mol. The van der Waals surface area contributed by atoms with Gasteiger partial charge < -0.3 is 15.4 Å². The van der Waals surface area contributed by atoms with Gasteiger partial charge in [-0.15, -0.1) is 0 Å². The summed E-state index contributed by atoms with van der Waals surface area (Å²) in [6.45, 7) is 6.76. The molecule has 38 heavy (non-hydrogen) atoms. The van der Waals surface area contributed by atoms with E-state index in [0.29, 0.717) is 42.9 Å². The number of hydrogen-bond acceptors (Lipinski definition) is 7. The predicted octanol–water partition coefficient (Wildman–Crippen LogP) is 1.50. The number of ether oxygens (including phenoxy) is 1. The number of benzene rings is 1. The average Bonchev–Trinajstić information content (AvgIpc) is 3.15. The van der Waals surface area contributed by atoms with E-state index in [1.54, 1.807) is 12.1 Å². The molecule has 1 aliphatic carbocycles. The number of piperazine rings is 1. The molecule has 11 heteroatoms. The third-order valence-electron chi connectivity index (χ3n) is 8.30. The molecule has 2 amide bonds. The zero-order valence-corrected chi connectivity index (χ0v) is 22.3. The van der Waals surface area contributed by atoms with Crippen molar-refractivity contribution in [2.75, 3.05) is 44.2 Å². The molecule has 1 aromatic heterocycles.